The van der Waals surface area contributed by atoms with Crippen molar-refractivity contribution in [2.75, 3.05) is 0 Å². The van der Waals surface area contributed by atoms with Crippen LogP contribution in [0.15, 0.2) is 0 Å². The summed E-state index contributed by atoms with van der Waals surface area (Å²) in [6.45, 7) is 5.95. The number of amides is 1. The van der Waals surface area contributed by atoms with Crippen molar-refractivity contribution in [3.8, 4) is 0 Å². The number of hydrogen-bond acceptors (Lipinski definition) is 3. The summed E-state index contributed by atoms with van der Waals surface area (Å²) in [6, 6.07) is -1.36. The minimum atomic E-state index is -4.75. The molecule has 0 aliphatic heterocycles. The fourth-order valence-electron chi connectivity index (χ4n) is 1.09. The van der Waals surface area contributed by atoms with Gasteiger partial charge in [0.05, 0.1) is 0 Å². The van der Waals surface area contributed by atoms with E-state index in [0.717, 1.165) is 0 Å². The summed E-state index contributed by atoms with van der Waals surface area (Å²) in [5, 5.41) is 10.8. The molecule has 112 valence electrons. The van der Waals surface area contributed by atoms with Crippen LogP contribution in [0, 0.1) is 5.41 Å². The molecule has 0 aliphatic carbocycles. The average Bonchev–Trinajstić information content (AvgIpc) is 2.08. The van der Waals surface area contributed by atoms with E-state index in [1.54, 1.807) is 0 Å². The molecule has 0 aliphatic rings. The van der Waals surface area contributed by atoms with Crippen LogP contribution in [-0.4, -0.2) is 35.0 Å². The first-order chi connectivity index (χ1) is 8.18. The molecule has 0 fully saturated rings. The Bertz CT molecular complexity index is 358. The fourth-order valence-corrected chi connectivity index (χ4v) is 1.09. The number of alkyl halides is 3. The summed E-state index contributed by atoms with van der Waals surface area (Å²) in [5.41, 5.74) is -3.56. The zero-order chi connectivity index (χ0) is 15.6. The second-order valence-corrected chi connectivity index (χ2v) is 5.68. The van der Waals surface area contributed by atoms with E-state index >= 15 is 0 Å². The Labute approximate surface area is 109 Å². The SMILES string of the molecule is CC(C)(C)[C@H](NC(=O)OC(C)(C)C(F)(F)F)C(=O)O. The smallest absolute Gasteiger partial charge is 0.427 e. The molecule has 5 nitrogen and oxygen atoms in total. The molecule has 0 aromatic carbocycles. The van der Waals surface area contributed by atoms with Crippen LogP contribution in [0.25, 0.3) is 0 Å². The van der Waals surface area contributed by atoms with Crippen LogP contribution >= 0.6 is 0 Å². The van der Waals surface area contributed by atoms with E-state index in [-0.39, 0.29) is 0 Å². The Kier molecular flexibility index (Phi) is 4.85. The first kappa shape index (κ1) is 17.5. The predicted octanol–water partition coefficient (Wildman–Crippen LogP) is 2.55. The Balaban J connectivity index is 4.84. The van der Waals surface area contributed by atoms with Gasteiger partial charge < -0.3 is 15.2 Å². The Morgan fingerprint density at radius 2 is 1.53 bits per heavy atom. The van der Waals surface area contributed by atoms with E-state index in [2.05, 4.69) is 4.74 Å². The third kappa shape index (κ3) is 4.96. The predicted molar refractivity (Wildman–Crippen MR) is 60.6 cm³/mol. The summed E-state index contributed by atoms with van der Waals surface area (Å²) < 4.78 is 41.7. The van der Waals surface area contributed by atoms with Crippen LogP contribution in [0.1, 0.15) is 34.6 Å². The normalized spacial score (nSPS) is 14.7. The van der Waals surface area contributed by atoms with Crippen LogP contribution in [0.3, 0.4) is 0 Å². The highest BCUT2D eigenvalue weighted by Crippen LogP contribution is 2.33. The lowest BCUT2D eigenvalue weighted by Crippen LogP contribution is -2.52. The van der Waals surface area contributed by atoms with Gasteiger partial charge in [-0.25, -0.2) is 9.59 Å². The summed E-state index contributed by atoms with van der Waals surface area (Å²) in [7, 11) is 0. The van der Waals surface area contributed by atoms with Gasteiger partial charge in [-0.1, -0.05) is 20.8 Å². The number of rotatable bonds is 3. The van der Waals surface area contributed by atoms with Crippen molar-refractivity contribution in [2.24, 2.45) is 5.41 Å². The molecule has 0 aromatic heterocycles. The molecule has 8 heteroatoms. The van der Waals surface area contributed by atoms with Gasteiger partial charge in [-0.3, -0.25) is 0 Å². The van der Waals surface area contributed by atoms with Crippen LogP contribution in [0.4, 0.5) is 18.0 Å². The number of nitrogens with one attached hydrogen (secondary N) is 1. The number of carboxylic acids is 1. The van der Waals surface area contributed by atoms with Gasteiger partial charge >= 0.3 is 18.2 Å². The number of carbonyl (C=O) groups is 2. The molecular weight excluding hydrogens is 267 g/mol. The third-order valence-corrected chi connectivity index (χ3v) is 2.41. The summed E-state index contributed by atoms with van der Waals surface area (Å²) in [6.07, 6.45) is -6.17. The lowest BCUT2D eigenvalue weighted by atomic mass is 9.87. The molecule has 0 aromatic rings. The van der Waals surface area contributed by atoms with E-state index in [4.69, 9.17) is 5.11 Å². The molecular formula is C11H18F3NO4. The zero-order valence-corrected chi connectivity index (χ0v) is 11.4. The zero-order valence-electron chi connectivity index (χ0n) is 11.4. The minimum absolute atomic E-state index is 0.680. The van der Waals surface area contributed by atoms with Gasteiger partial charge in [-0.15, -0.1) is 0 Å². The molecule has 1 amide bonds. The maximum absolute atomic E-state index is 12.5. The number of carboxylic acid groups (broad SMARTS) is 1. The number of aliphatic carboxylic acids is 1. The van der Waals surface area contributed by atoms with Crippen molar-refractivity contribution in [3.05, 3.63) is 0 Å². The van der Waals surface area contributed by atoms with Gasteiger partial charge in [0.2, 0.25) is 5.60 Å². The standard InChI is InChI=1S/C11H18F3NO4/c1-9(2,3)6(7(16)17)15-8(18)19-10(4,5)11(12,13)14/h6H,1-5H3,(H,15,18)(H,16,17)/t6-/m1/s1. The van der Waals surface area contributed by atoms with Crippen molar-refractivity contribution in [2.45, 2.75) is 52.4 Å². The van der Waals surface area contributed by atoms with E-state index in [9.17, 15) is 22.8 Å². The summed E-state index contributed by atoms with van der Waals surface area (Å²) >= 11 is 0. The van der Waals surface area contributed by atoms with E-state index in [0.29, 0.717) is 13.8 Å². The number of carbonyl (C=O) groups excluding carboxylic acids is 1. The van der Waals surface area contributed by atoms with Crippen molar-refractivity contribution in [3.63, 3.8) is 0 Å². The molecule has 0 rings (SSSR count). The quantitative estimate of drug-likeness (QED) is 0.835. The van der Waals surface area contributed by atoms with Crippen LogP contribution < -0.4 is 5.32 Å². The number of hydrogen-bond donors (Lipinski definition) is 2. The molecule has 2 N–H and O–H groups in total. The van der Waals surface area contributed by atoms with Gasteiger partial charge in [0.15, 0.2) is 0 Å². The van der Waals surface area contributed by atoms with Gasteiger partial charge in [-0.05, 0) is 19.3 Å². The Morgan fingerprint density at radius 1 is 1.11 bits per heavy atom. The molecule has 0 spiro atoms. The molecule has 0 unspecified atom stereocenters. The van der Waals surface area contributed by atoms with Crippen LogP contribution in [-0.2, 0) is 9.53 Å². The maximum Gasteiger partial charge on any atom is 0.427 e. The molecule has 0 saturated carbocycles. The second kappa shape index (κ2) is 5.26. The van der Waals surface area contributed by atoms with E-state index in [1.165, 1.54) is 20.8 Å². The second-order valence-electron chi connectivity index (χ2n) is 5.68. The van der Waals surface area contributed by atoms with E-state index in [1.807, 2.05) is 5.32 Å². The minimum Gasteiger partial charge on any atom is -0.480 e. The third-order valence-electron chi connectivity index (χ3n) is 2.41. The number of ether oxygens (including phenoxy) is 1. The average molecular weight is 285 g/mol. The van der Waals surface area contributed by atoms with Gasteiger partial charge in [-0.2, -0.15) is 13.2 Å². The van der Waals surface area contributed by atoms with Gasteiger partial charge in [0, 0.05) is 0 Å². The van der Waals surface area contributed by atoms with Crippen LogP contribution in [0.2, 0.25) is 0 Å². The lowest BCUT2D eigenvalue weighted by molar-refractivity contribution is -0.244. The highest BCUT2D eigenvalue weighted by Gasteiger charge is 2.51. The Morgan fingerprint density at radius 3 is 1.79 bits per heavy atom. The molecule has 1 atom stereocenters. The van der Waals surface area contributed by atoms with Crippen LogP contribution in [0.5, 0.6) is 0 Å². The highest BCUT2D eigenvalue weighted by atomic mass is 19.4. The lowest BCUT2D eigenvalue weighted by Gasteiger charge is -2.31. The number of halogens is 3. The molecule has 0 heterocycles. The Hall–Kier alpha value is -1.47. The molecule has 0 bridgehead atoms. The maximum atomic E-state index is 12.5. The first-order valence-corrected chi connectivity index (χ1v) is 5.47. The molecule has 0 radical (unpaired) electrons. The van der Waals surface area contributed by atoms with Crippen molar-refractivity contribution in [1.82, 2.24) is 5.32 Å². The van der Waals surface area contributed by atoms with Gasteiger partial charge in [0.25, 0.3) is 0 Å². The highest BCUT2D eigenvalue weighted by molar-refractivity contribution is 5.80. The molecule has 0 saturated heterocycles. The number of alkyl carbamates (subject to hydrolysis) is 1. The summed E-state index contributed by atoms with van der Waals surface area (Å²) in [4.78, 5) is 22.3. The fraction of sp³-hybridized carbons (Fsp3) is 0.818. The largest absolute Gasteiger partial charge is 0.480 e. The van der Waals surface area contributed by atoms with E-state index < -0.39 is 35.3 Å². The first-order valence-electron chi connectivity index (χ1n) is 5.47. The monoisotopic (exact) mass is 285 g/mol. The van der Waals surface area contributed by atoms with Crippen molar-refractivity contribution < 1.29 is 32.6 Å². The molecule has 19 heavy (non-hydrogen) atoms. The van der Waals surface area contributed by atoms with Crippen molar-refractivity contribution in [1.29, 1.82) is 0 Å². The van der Waals surface area contributed by atoms with Crippen molar-refractivity contribution >= 4 is 12.1 Å². The topological polar surface area (TPSA) is 75.6 Å². The van der Waals surface area contributed by atoms with Gasteiger partial charge in [0.1, 0.15) is 6.04 Å². The summed E-state index contributed by atoms with van der Waals surface area (Å²) in [5.74, 6) is -1.35.